The van der Waals surface area contributed by atoms with E-state index in [4.69, 9.17) is 0 Å². The van der Waals surface area contributed by atoms with E-state index in [-0.39, 0.29) is 11.9 Å². The number of rotatable bonds is 3. The normalized spacial score (nSPS) is 21.8. The molecule has 1 aromatic rings. The summed E-state index contributed by atoms with van der Waals surface area (Å²) < 4.78 is 0. The lowest BCUT2D eigenvalue weighted by atomic mass is 9.83. The van der Waals surface area contributed by atoms with Crippen LogP contribution in [0.5, 0.6) is 0 Å². The van der Waals surface area contributed by atoms with E-state index >= 15 is 0 Å². The van der Waals surface area contributed by atoms with Gasteiger partial charge in [0.1, 0.15) is 11.7 Å². The molecular formula is C17H24N4OS. The molecule has 2 aliphatic rings. The summed E-state index contributed by atoms with van der Waals surface area (Å²) in [6.45, 7) is 4.90. The van der Waals surface area contributed by atoms with Gasteiger partial charge in [-0.15, -0.1) is 11.3 Å². The van der Waals surface area contributed by atoms with E-state index in [1.165, 1.54) is 43.4 Å². The molecular weight excluding hydrogens is 308 g/mol. The van der Waals surface area contributed by atoms with Gasteiger partial charge < -0.3 is 4.90 Å². The van der Waals surface area contributed by atoms with Gasteiger partial charge in [0.2, 0.25) is 0 Å². The number of thiazole rings is 1. The molecule has 1 atom stereocenters. The van der Waals surface area contributed by atoms with Crippen molar-refractivity contribution in [2.45, 2.75) is 45.1 Å². The van der Waals surface area contributed by atoms with E-state index in [1.807, 2.05) is 17.2 Å². The Morgan fingerprint density at radius 3 is 2.57 bits per heavy atom. The number of nitrogens with zero attached hydrogens (tertiary/aromatic N) is 4. The van der Waals surface area contributed by atoms with E-state index in [1.54, 1.807) is 0 Å². The summed E-state index contributed by atoms with van der Waals surface area (Å²) in [6.07, 6.45) is 6.17. The van der Waals surface area contributed by atoms with E-state index in [0.29, 0.717) is 24.7 Å². The third-order valence-electron chi connectivity index (χ3n) is 5.06. The molecule has 1 amide bonds. The topological polar surface area (TPSA) is 60.2 Å². The van der Waals surface area contributed by atoms with Crippen molar-refractivity contribution in [3.05, 3.63) is 16.1 Å². The Labute approximate surface area is 141 Å². The average Bonchev–Trinajstić information content (AvgIpc) is 3.03. The maximum absolute atomic E-state index is 12.4. The van der Waals surface area contributed by atoms with Crippen molar-refractivity contribution in [1.82, 2.24) is 14.8 Å². The zero-order valence-corrected chi connectivity index (χ0v) is 14.5. The first-order valence-corrected chi connectivity index (χ1v) is 9.42. The molecule has 6 heteroatoms. The van der Waals surface area contributed by atoms with Gasteiger partial charge in [-0.3, -0.25) is 9.69 Å². The van der Waals surface area contributed by atoms with Gasteiger partial charge in [-0.25, -0.2) is 4.98 Å². The van der Waals surface area contributed by atoms with Crippen molar-refractivity contribution in [1.29, 1.82) is 5.26 Å². The first-order valence-electron chi connectivity index (χ1n) is 8.54. The van der Waals surface area contributed by atoms with Crippen LogP contribution in [0, 0.1) is 24.2 Å². The monoisotopic (exact) mass is 332 g/mol. The molecule has 1 aliphatic carbocycles. The van der Waals surface area contributed by atoms with Gasteiger partial charge in [0.05, 0.1) is 11.1 Å². The highest BCUT2D eigenvalue weighted by Crippen LogP contribution is 2.29. The first kappa shape index (κ1) is 16.4. The Hall–Kier alpha value is -1.45. The summed E-state index contributed by atoms with van der Waals surface area (Å²) in [7, 11) is 0. The molecule has 1 aromatic heterocycles. The van der Waals surface area contributed by atoms with Crippen molar-refractivity contribution in [3.8, 4) is 6.07 Å². The Bertz CT molecular complexity index is 580. The predicted octanol–water partition coefficient (Wildman–Crippen LogP) is 2.68. The van der Waals surface area contributed by atoms with Gasteiger partial charge in [0, 0.05) is 31.6 Å². The highest BCUT2D eigenvalue weighted by atomic mass is 32.1. The lowest BCUT2D eigenvalue weighted by Crippen LogP contribution is -2.53. The van der Waals surface area contributed by atoms with E-state index < -0.39 is 0 Å². The maximum atomic E-state index is 12.4. The minimum Gasteiger partial charge on any atom is -0.335 e. The molecule has 1 saturated heterocycles. The minimum atomic E-state index is 0.0223. The molecule has 0 spiro atoms. The molecule has 0 aromatic carbocycles. The summed E-state index contributed by atoms with van der Waals surface area (Å²) >= 11 is 1.51. The fourth-order valence-corrected chi connectivity index (χ4v) is 4.35. The minimum absolute atomic E-state index is 0.0223. The number of piperazine rings is 1. The molecule has 1 aliphatic heterocycles. The second-order valence-electron chi connectivity index (χ2n) is 6.55. The number of amides is 1. The largest absolute Gasteiger partial charge is 0.335 e. The van der Waals surface area contributed by atoms with E-state index in [9.17, 15) is 10.1 Å². The molecule has 23 heavy (non-hydrogen) atoms. The third-order valence-corrected chi connectivity index (χ3v) is 5.84. The lowest BCUT2D eigenvalue weighted by Gasteiger charge is -2.40. The number of aryl methyl sites for hydroxylation is 1. The van der Waals surface area contributed by atoms with Crippen LogP contribution in [0.3, 0.4) is 0 Å². The molecule has 124 valence electrons. The number of hydrogen-bond donors (Lipinski definition) is 0. The first-order chi connectivity index (χ1) is 11.2. The maximum Gasteiger partial charge on any atom is 0.273 e. The average molecular weight is 332 g/mol. The molecule has 3 rings (SSSR count). The molecule has 0 bridgehead atoms. The van der Waals surface area contributed by atoms with E-state index in [0.717, 1.165) is 18.1 Å². The van der Waals surface area contributed by atoms with Crippen molar-refractivity contribution in [2.24, 2.45) is 5.92 Å². The number of carbonyl (C=O) groups is 1. The number of aromatic nitrogens is 1. The quantitative estimate of drug-likeness (QED) is 0.854. The van der Waals surface area contributed by atoms with Crippen molar-refractivity contribution < 1.29 is 4.79 Å². The fraction of sp³-hybridized carbons (Fsp3) is 0.706. The van der Waals surface area contributed by atoms with Gasteiger partial charge in [-0.05, 0) is 25.7 Å². The molecule has 2 heterocycles. The van der Waals surface area contributed by atoms with Crippen LogP contribution in [0.1, 0.15) is 47.6 Å². The Morgan fingerprint density at radius 2 is 2.00 bits per heavy atom. The second kappa shape index (κ2) is 7.41. The Morgan fingerprint density at radius 1 is 1.30 bits per heavy atom. The van der Waals surface area contributed by atoms with Crippen LogP contribution in [0.15, 0.2) is 5.38 Å². The zero-order chi connectivity index (χ0) is 16.2. The van der Waals surface area contributed by atoms with Gasteiger partial charge in [0.15, 0.2) is 0 Å². The summed E-state index contributed by atoms with van der Waals surface area (Å²) in [5.41, 5.74) is 0.560. The third kappa shape index (κ3) is 3.73. The van der Waals surface area contributed by atoms with Crippen LogP contribution in [0.4, 0.5) is 0 Å². The predicted molar refractivity (Wildman–Crippen MR) is 90.3 cm³/mol. The fourth-order valence-electron chi connectivity index (χ4n) is 3.76. The van der Waals surface area contributed by atoms with Gasteiger partial charge >= 0.3 is 0 Å². The van der Waals surface area contributed by atoms with Crippen LogP contribution >= 0.6 is 11.3 Å². The Kier molecular flexibility index (Phi) is 5.29. The zero-order valence-electron chi connectivity index (χ0n) is 13.7. The number of nitriles is 1. The molecule has 1 saturated carbocycles. The van der Waals surface area contributed by atoms with Crippen molar-refractivity contribution >= 4 is 17.2 Å². The van der Waals surface area contributed by atoms with Crippen molar-refractivity contribution in [3.63, 3.8) is 0 Å². The van der Waals surface area contributed by atoms with Gasteiger partial charge in [-0.2, -0.15) is 5.26 Å². The molecule has 2 fully saturated rings. The van der Waals surface area contributed by atoms with Crippen LogP contribution < -0.4 is 0 Å². The SMILES string of the molecule is Cc1nc(C(=O)N2CCN([C@@H](C#N)C3CCCCC3)CC2)cs1. The van der Waals surface area contributed by atoms with E-state index in [2.05, 4.69) is 16.0 Å². The second-order valence-corrected chi connectivity index (χ2v) is 7.61. The van der Waals surface area contributed by atoms with Crippen molar-refractivity contribution in [2.75, 3.05) is 26.2 Å². The standard InChI is InChI=1S/C17H24N4OS/c1-13-19-15(12-23-13)17(22)21-9-7-20(8-10-21)16(11-18)14-5-3-2-4-6-14/h12,14,16H,2-10H2,1H3/t16-/m0/s1. The highest BCUT2D eigenvalue weighted by Gasteiger charge is 2.32. The lowest BCUT2D eigenvalue weighted by molar-refractivity contribution is 0.0534. The van der Waals surface area contributed by atoms with Crippen LogP contribution in [-0.2, 0) is 0 Å². The van der Waals surface area contributed by atoms with Crippen LogP contribution in [-0.4, -0.2) is 52.9 Å². The smallest absolute Gasteiger partial charge is 0.273 e. The molecule has 0 unspecified atom stereocenters. The summed E-state index contributed by atoms with van der Waals surface area (Å²) in [5.74, 6) is 0.539. The summed E-state index contributed by atoms with van der Waals surface area (Å²) in [6, 6.07) is 2.55. The number of hydrogen-bond acceptors (Lipinski definition) is 5. The molecule has 0 radical (unpaired) electrons. The van der Waals surface area contributed by atoms with Crippen LogP contribution in [0.2, 0.25) is 0 Å². The van der Waals surface area contributed by atoms with Crippen LogP contribution in [0.25, 0.3) is 0 Å². The number of carbonyl (C=O) groups excluding carboxylic acids is 1. The molecule has 0 N–H and O–H groups in total. The summed E-state index contributed by atoms with van der Waals surface area (Å²) in [4.78, 5) is 20.9. The highest BCUT2D eigenvalue weighted by molar-refractivity contribution is 7.09. The summed E-state index contributed by atoms with van der Waals surface area (Å²) in [5, 5.41) is 12.4. The Balaban J connectivity index is 1.57. The molecule has 5 nitrogen and oxygen atoms in total. The van der Waals surface area contributed by atoms with Gasteiger partial charge in [-0.1, -0.05) is 19.3 Å². The van der Waals surface area contributed by atoms with Gasteiger partial charge in [0.25, 0.3) is 5.91 Å².